The molecule has 0 N–H and O–H groups in total. The number of benzene rings is 1. The molecule has 2 rings (SSSR count). The van der Waals surface area contributed by atoms with Gasteiger partial charge in [-0.25, -0.2) is 0 Å². The van der Waals surface area contributed by atoms with Gasteiger partial charge in [0, 0.05) is 17.8 Å². The number of anilines is 1. The predicted molar refractivity (Wildman–Crippen MR) is 61.9 cm³/mol. The van der Waals surface area contributed by atoms with Crippen LogP contribution in [0.15, 0.2) is 24.3 Å². The zero-order valence-corrected chi connectivity index (χ0v) is 9.38. The van der Waals surface area contributed by atoms with E-state index in [1.54, 1.807) is 0 Å². The second kappa shape index (κ2) is 3.30. The van der Waals surface area contributed by atoms with Crippen molar-refractivity contribution in [3.05, 3.63) is 29.8 Å². The molecule has 0 unspecified atom stereocenters. The van der Waals surface area contributed by atoms with E-state index in [4.69, 9.17) is 0 Å². The number of hydrogen-bond donors (Lipinski definition) is 0. The van der Waals surface area contributed by atoms with Gasteiger partial charge in [-0.05, 0) is 38.3 Å². The van der Waals surface area contributed by atoms with E-state index in [1.165, 1.54) is 30.6 Å². The Kier molecular flexibility index (Phi) is 2.26. The Morgan fingerprint density at radius 3 is 2.71 bits per heavy atom. The van der Waals surface area contributed by atoms with Crippen LogP contribution in [0.3, 0.4) is 0 Å². The number of para-hydroxylation sites is 1. The van der Waals surface area contributed by atoms with Crippen molar-refractivity contribution in [1.29, 1.82) is 0 Å². The van der Waals surface area contributed by atoms with Gasteiger partial charge >= 0.3 is 0 Å². The molecule has 0 saturated heterocycles. The highest BCUT2D eigenvalue weighted by Gasteiger charge is 2.29. The molecular weight excluding hydrogens is 170 g/mol. The fraction of sp³-hybridized carbons (Fsp3) is 0.538. The number of rotatable bonds is 2. The second-order valence-electron chi connectivity index (χ2n) is 4.70. The Morgan fingerprint density at radius 2 is 2.00 bits per heavy atom. The molecular formula is C13H19N. The molecule has 0 aromatic heterocycles. The largest absolute Gasteiger partial charge is 0.366 e. The summed E-state index contributed by atoms with van der Waals surface area (Å²) in [6.45, 7) is 8.10. The maximum atomic E-state index is 2.54. The number of fused-ring (bicyclic) bond motifs is 1. The summed E-state index contributed by atoms with van der Waals surface area (Å²) < 4.78 is 0. The Hall–Kier alpha value is -0.980. The average Bonchev–Trinajstić information content (AvgIpc) is 2.61. The van der Waals surface area contributed by atoms with Crippen LogP contribution in [0.25, 0.3) is 0 Å². The highest BCUT2D eigenvalue weighted by atomic mass is 15.2. The third-order valence-corrected chi connectivity index (χ3v) is 3.48. The van der Waals surface area contributed by atoms with E-state index in [1.807, 2.05) is 0 Å². The van der Waals surface area contributed by atoms with Gasteiger partial charge in [-0.15, -0.1) is 0 Å². The van der Waals surface area contributed by atoms with Crippen molar-refractivity contribution in [3.63, 3.8) is 0 Å². The van der Waals surface area contributed by atoms with E-state index in [2.05, 4.69) is 49.9 Å². The second-order valence-corrected chi connectivity index (χ2v) is 4.70. The lowest BCUT2D eigenvalue weighted by molar-refractivity contribution is 0.455. The SMILES string of the molecule is CCC(C)(C)N1CCc2ccccc21. The van der Waals surface area contributed by atoms with Crippen molar-refractivity contribution < 1.29 is 0 Å². The summed E-state index contributed by atoms with van der Waals surface area (Å²) in [5.74, 6) is 0. The first kappa shape index (κ1) is 9.57. The lowest BCUT2D eigenvalue weighted by atomic mass is 9.99. The lowest BCUT2D eigenvalue weighted by Gasteiger charge is -2.37. The van der Waals surface area contributed by atoms with Crippen molar-refractivity contribution in [3.8, 4) is 0 Å². The van der Waals surface area contributed by atoms with E-state index in [0.717, 1.165) is 0 Å². The van der Waals surface area contributed by atoms with Crippen LogP contribution in [-0.4, -0.2) is 12.1 Å². The molecule has 0 radical (unpaired) electrons. The maximum Gasteiger partial charge on any atom is 0.0403 e. The van der Waals surface area contributed by atoms with Crippen LogP contribution in [0, 0.1) is 0 Å². The Balaban J connectivity index is 2.35. The molecule has 76 valence electrons. The Morgan fingerprint density at radius 1 is 1.29 bits per heavy atom. The fourth-order valence-electron chi connectivity index (χ4n) is 2.16. The summed E-state index contributed by atoms with van der Waals surface area (Å²) in [7, 11) is 0. The summed E-state index contributed by atoms with van der Waals surface area (Å²) in [6.07, 6.45) is 2.40. The van der Waals surface area contributed by atoms with Crippen LogP contribution in [0.5, 0.6) is 0 Å². The monoisotopic (exact) mass is 189 g/mol. The number of hydrogen-bond acceptors (Lipinski definition) is 1. The summed E-state index contributed by atoms with van der Waals surface area (Å²) in [6, 6.07) is 8.78. The van der Waals surface area contributed by atoms with Crippen LogP contribution < -0.4 is 4.90 Å². The topological polar surface area (TPSA) is 3.24 Å². The molecule has 1 aromatic rings. The molecule has 0 atom stereocenters. The zero-order chi connectivity index (χ0) is 10.2. The molecule has 0 bridgehead atoms. The van der Waals surface area contributed by atoms with E-state index in [9.17, 15) is 0 Å². The standard InChI is InChI=1S/C13H19N/c1-4-13(2,3)14-10-9-11-7-5-6-8-12(11)14/h5-8H,4,9-10H2,1-3H3. The van der Waals surface area contributed by atoms with Crippen molar-refractivity contribution in [2.24, 2.45) is 0 Å². The Labute approximate surface area is 86.7 Å². The molecule has 0 amide bonds. The highest BCUT2D eigenvalue weighted by Crippen LogP contribution is 2.34. The van der Waals surface area contributed by atoms with Crippen molar-refractivity contribution in [2.45, 2.75) is 39.2 Å². The van der Waals surface area contributed by atoms with Gasteiger partial charge in [-0.1, -0.05) is 25.1 Å². The van der Waals surface area contributed by atoms with Crippen LogP contribution in [-0.2, 0) is 6.42 Å². The summed E-state index contributed by atoms with van der Waals surface area (Å²) in [4.78, 5) is 2.54. The van der Waals surface area contributed by atoms with Crippen molar-refractivity contribution >= 4 is 5.69 Å². The summed E-state index contributed by atoms with van der Waals surface area (Å²) >= 11 is 0. The molecule has 1 nitrogen and oxygen atoms in total. The van der Waals surface area contributed by atoms with Crippen LogP contribution >= 0.6 is 0 Å². The molecule has 0 fully saturated rings. The molecule has 0 aliphatic carbocycles. The molecule has 0 saturated carbocycles. The maximum absolute atomic E-state index is 2.54. The lowest BCUT2D eigenvalue weighted by Crippen LogP contribution is -2.42. The molecule has 1 heterocycles. The smallest absolute Gasteiger partial charge is 0.0403 e. The van der Waals surface area contributed by atoms with E-state index in [0.29, 0.717) is 5.54 Å². The van der Waals surface area contributed by atoms with Crippen LogP contribution in [0.2, 0.25) is 0 Å². The first-order valence-corrected chi connectivity index (χ1v) is 5.51. The van der Waals surface area contributed by atoms with Crippen LogP contribution in [0.4, 0.5) is 5.69 Å². The minimum Gasteiger partial charge on any atom is -0.366 e. The summed E-state index contributed by atoms with van der Waals surface area (Å²) in [5, 5.41) is 0. The van der Waals surface area contributed by atoms with Gasteiger partial charge in [0.25, 0.3) is 0 Å². The molecule has 1 aromatic carbocycles. The van der Waals surface area contributed by atoms with Crippen molar-refractivity contribution in [1.82, 2.24) is 0 Å². The van der Waals surface area contributed by atoms with Gasteiger partial charge in [0.05, 0.1) is 0 Å². The van der Waals surface area contributed by atoms with E-state index >= 15 is 0 Å². The molecule has 14 heavy (non-hydrogen) atoms. The van der Waals surface area contributed by atoms with Crippen LogP contribution in [0.1, 0.15) is 32.8 Å². The van der Waals surface area contributed by atoms with Crippen molar-refractivity contribution in [2.75, 3.05) is 11.4 Å². The first-order valence-electron chi connectivity index (χ1n) is 5.51. The van der Waals surface area contributed by atoms with Gasteiger partial charge in [0.15, 0.2) is 0 Å². The molecule has 1 aliphatic rings. The fourth-order valence-corrected chi connectivity index (χ4v) is 2.16. The summed E-state index contributed by atoms with van der Waals surface area (Å²) in [5.41, 5.74) is 3.25. The zero-order valence-electron chi connectivity index (χ0n) is 9.38. The quantitative estimate of drug-likeness (QED) is 0.690. The van der Waals surface area contributed by atoms with E-state index in [-0.39, 0.29) is 0 Å². The number of nitrogens with zero attached hydrogens (tertiary/aromatic N) is 1. The molecule has 1 aliphatic heterocycles. The highest BCUT2D eigenvalue weighted by molar-refractivity contribution is 5.59. The normalized spacial score (nSPS) is 15.8. The van der Waals surface area contributed by atoms with Gasteiger partial charge in [0.2, 0.25) is 0 Å². The predicted octanol–water partition coefficient (Wildman–Crippen LogP) is 3.24. The van der Waals surface area contributed by atoms with Gasteiger partial charge in [-0.2, -0.15) is 0 Å². The van der Waals surface area contributed by atoms with Gasteiger partial charge in [-0.3, -0.25) is 0 Å². The third kappa shape index (κ3) is 1.41. The third-order valence-electron chi connectivity index (χ3n) is 3.48. The first-order chi connectivity index (χ1) is 6.65. The average molecular weight is 189 g/mol. The van der Waals surface area contributed by atoms with Gasteiger partial charge < -0.3 is 4.90 Å². The molecule has 1 heteroatoms. The minimum absolute atomic E-state index is 0.298. The van der Waals surface area contributed by atoms with E-state index < -0.39 is 0 Å². The molecule has 0 spiro atoms. The Bertz CT molecular complexity index is 328. The minimum atomic E-state index is 0.298. The van der Waals surface area contributed by atoms with Gasteiger partial charge in [0.1, 0.15) is 0 Å².